The highest BCUT2D eigenvalue weighted by Gasteiger charge is 2.68. The van der Waals surface area contributed by atoms with Gasteiger partial charge in [0.1, 0.15) is 5.60 Å². The predicted octanol–water partition coefficient (Wildman–Crippen LogP) is 5.52. The molecule has 1 aliphatic carbocycles. The molecule has 0 aromatic carbocycles. The van der Waals surface area contributed by atoms with Crippen LogP contribution in [0.2, 0.25) is 0 Å². The minimum Gasteiger partial charge on any atom is -0.251 e. The largest absolute Gasteiger partial charge is 0.251 e. The smallest absolute Gasteiger partial charge is 0.112 e. The van der Waals surface area contributed by atoms with Gasteiger partial charge in [-0.05, 0) is 36.0 Å². The van der Waals surface area contributed by atoms with Crippen LogP contribution in [-0.4, -0.2) is 10.9 Å². The van der Waals surface area contributed by atoms with Crippen molar-refractivity contribution in [1.82, 2.24) is 0 Å². The van der Waals surface area contributed by atoms with Crippen molar-refractivity contribution in [3.8, 4) is 0 Å². The van der Waals surface area contributed by atoms with Crippen LogP contribution in [0.1, 0.15) is 81.6 Å². The maximum absolute atomic E-state index is 9.85. The van der Waals surface area contributed by atoms with Crippen molar-refractivity contribution >= 4 is 0 Å². The summed E-state index contributed by atoms with van der Waals surface area (Å²) in [5, 5.41) is 9.85. The van der Waals surface area contributed by atoms with E-state index in [2.05, 4.69) is 62.3 Å². The molecule has 0 spiro atoms. The molecular weight excluding hydrogens is 236 g/mol. The molecule has 1 N–H and O–H groups in total. The van der Waals surface area contributed by atoms with E-state index in [1.807, 2.05) is 0 Å². The van der Waals surface area contributed by atoms with Crippen molar-refractivity contribution < 1.29 is 10.1 Å². The van der Waals surface area contributed by atoms with Gasteiger partial charge in [-0.15, -0.1) is 0 Å². The summed E-state index contributed by atoms with van der Waals surface area (Å²) in [5.41, 5.74) is -0.556. The van der Waals surface area contributed by atoms with Crippen molar-refractivity contribution in [3.05, 3.63) is 0 Å². The van der Waals surface area contributed by atoms with Gasteiger partial charge in [-0.1, -0.05) is 61.8 Å². The van der Waals surface area contributed by atoms with E-state index in [1.165, 1.54) is 6.42 Å². The average molecular weight is 270 g/mol. The van der Waals surface area contributed by atoms with Gasteiger partial charge in [0.25, 0.3) is 0 Å². The zero-order valence-electron chi connectivity index (χ0n) is 14.5. The summed E-state index contributed by atoms with van der Waals surface area (Å²) in [4.78, 5) is 5.26. The molecule has 0 saturated heterocycles. The van der Waals surface area contributed by atoms with Gasteiger partial charge in [-0.2, -0.15) is 0 Å². The minimum atomic E-state index is -0.547. The Labute approximate surface area is 119 Å². The standard InChI is InChI=1S/C17H34O2/c1-13(2,3)17(14(4,5)6)12-10-11-15(7,8)16(17,9)19-18/h18H,10-12H2,1-9H3. The Balaban J connectivity index is 3.62. The van der Waals surface area contributed by atoms with E-state index in [0.29, 0.717) is 0 Å². The van der Waals surface area contributed by atoms with Crippen molar-refractivity contribution in [2.24, 2.45) is 21.7 Å². The van der Waals surface area contributed by atoms with Crippen LogP contribution in [0.4, 0.5) is 0 Å². The van der Waals surface area contributed by atoms with Crippen LogP contribution in [0, 0.1) is 21.7 Å². The molecule has 1 unspecified atom stereocenters. The van der Waals surface area contributed by atoms with Crippen LogP contribution in [-0.2, 0) is 4.89 Å². The molecule has 1 aliphatic rings. The Morgan fingerprint density at radius 3 is 1.53 bits per heavy atom. The van der Waals surface area contributed by atoms with Gasteiger partial charge in [0, 0.05) is 5.41 Å². The Kier molecular flexibility index (Phi) is 3.98. The third-order valence-electron chi connectivity index (χ3n) is 6.20. The molecule has 0 radical (unpaired) electrons. The van der Waals surface area contributed by atoms with E-state index in [-0.39, 0.29) is 21.7 Å². The first-order valence-corrected chi connectivity index (χ1v) is 7.59. The Hall–Kier alpha value is -0.0800. The molecule has 0 bridgehead atoms. The first kappa shape index (κ1) is 17.0. The van der Waals surface area contributed by atoms with Crippen molar-refractivity contribution in [2.45, 2.75) is 87.2 Å². The summed E-state index contributed by atoms with van der Waals surface area (Å²) in [6.07, 6.45) is 3.39. The molecule has 1 rings (SSSR count). The Morgan fingerprint density at radius 1 is 0.842 bits per heavy atom. The molecule has 1 saturated carbocycles. The fourth-order valence-electron chi connectivity index (χ4n) is 5.36. The third kappa shape index (κ3) is 2.06. The average Bonchev–Trinajstić information content (AvgIpc) is 2.18. The van der Waals surface area contributed by atoms with Gasteiger partial charge >= 0.3 is 0 Å². The van der Waals surface area contributed by atoms with Crippen molar-refractivity contribution in [2.75, 3.05) is 0 Å². The normalized spacial score (nSPS) is 31.3. The van der Waals surface area contributed by atoms with Crippen molar-refractivity contribution in [1.29, 1.82) is 0 Å². The van der Waals surface area contributed by atoms with E-state index in [4.69, 9.17) is 4.89 Å². The van der Waals surface area contributed by atoms with E-state index < -0.39 is 5.60 Å². The summed E-state index contributed by atoms with van der Waals surface area (Å²) >= 11 is 0. The first-order chi connectivity index (χ1) is 8.27. The van der Waals surface area contributed by atoms with E-state index in [9.17, 15) is 5.26 Å². The highest BCUT2D eigenvalue weighted by atomic mass is 17.1. The van der Waals surface area contributed by atoms with E-state index in [1.54, 1.807) is 0 Å². The SMILES string of the molecule is CC(C)(C)C1(C(C)(C)C)CCCC(C)(C)C1(C)OO. The fraction of sp³-hybridized carbons (Fsp3) is 1.00. The summed E-state index contributed by atoms with van der Waals surface area (Å²) in [5.74, 6) is 0. The summed E-state index contributed by atoms with van der Waals surface area (Å²) in [6.45, 7) is 20.3. The molecule has 2 nitrogen and oxygen atoms in total. The second-order valence-corrected chi connectivity index (χ2v) is 9.27. The Morgan fingerprint density at radius 2 is 1.26 bits per heavy atom. The van der Waals surface area contributed by atoms with E-state index >= 15 is 0 Å². The molecule has 0 heterocycles. The summed E-state index contributed by atoms with van der Waals surface area (Å²) in [6, 6.07) is 0. The quantitative estimate of drug-likeness (QED) is 0.502. The monoisotopic (exact) mass is 270 g/mol. The maximum atomic E-state index is 9.85. The van der Waals surface area contributed by atoms with Gasteiger partial charge in [-0.25, -0.2) is 4.89 Å². The third-order valence-corrected chi connectivity index (χ3v) is 6.20. The molecule has 0 aromatic heterocycles. The molecule has 114 valence electrons. The van der Waals surface area contributed by atoms with Crippen molar-refractivity contribution in [3.63, 3.8) is 0 Å². The number of rotatable bonds is 1. The molecule has 1 atom stereocenters. The number of hydrogen-bond donors (Lipinski definition) is 1. The van der Waals surface area contributed by atoms with Gasteiger partial charge in [0.15, 0.2) is 0 Å². The topological polar surface area (TPSA) is 29.5 Å². The zero-order valence-corrected chi connectivity index (χ0v) is 14.5. The lowest BCUT2D eigenvalue weighted by Gasteiger charge is -2.68. The second-order valence-electron chi connectivity index (χ2n) is 9.27. The molecule has 0 aromatic rings. The van der Waals surface area contributed by atoms with Gasteiger partial charge in [-0.3, -0.25) is 5.26 Å². The first-order valence-electron chi connectivity index (χ1n) is 7.59. The highest BCUT2D eigenvalue weighted by molar-refractivity contribution is 5.16. The van der Waals surface area contributed by atoms with Crippen LogP contribution >= 0.6 is 0 Å². The molecule has 0 amide bonds. The van der Waals surface area contributed by atoms with E-state index in [0.717, 1.165) is 12.8 Å². The molecular formula is C17H34O2. The maximum Gasteiger partial charge on any atom is 0.112 e. The molecule has 19 heavy (non-hydrogen) atoms. The van der Waals surface area contributed by atoms with Gasteiger partial charge in [0.2, 0.25) is 0 Å². The fourth-order valence-corrected chi connectivity index (χ4v) is 5.36. The number of hydrogen-bond acceptors (Lipinski definition) is 2. The highest BCUT2D eigenvalue weighted by Crippen LogP contribution is 2.68. The summed E-state index contributed by atoms with van der Waals surface area (Å²) in [7, 11) is 0. The second kappa shape index (κ2) is 4.46. The molecule has 1 fully saturated rings. The lowest BCUT2D eigenvalue weighted by atomic mass is 9.39. The van der Waals surface area contributed by atoms with Crippen LogP contribution in [0.25, 0.3) is 0 Å². The zero-order chi connectivity index (χ0) is 15.3. The van der Waals surface area contributed by atoms with Gasteiger partial charge < -0.3 is 0 Å². The van der Waals surface area contributed by atoms with Crippen LogP contribution < -0.4 is 0 Å². The van der Waals surface area contributed by atoms with Crippen LogP contribution in [0.3, 0.4) is 0 Å². The molecule has 0 aliphatic heterocycles. The van der Waals surface area contributed by atoms with Crippen LogP contribution in [0.15, 0.2) is 0 Å². The lowest BCUT2D eigenvalue weighted by Crippen LogP contribution is -2.68. The molecule has 2 heteroatoms. The lowest BCUT2D eigenvalue weighted by molar-refractivity contribution is -0.412. The van der Waals surface area contributed by atoms with Crippen LogP contribution in [0.5, 0.6) is 0 Å². The minimum absolute atomic E-state index is 0.0411. The Bertz CT molecular complexity index is 316. The van der Waals surface area contributed by atoms with Gasteiger partial charge in [0.05, 0.1) is 0 Å². The summed E-state index contributed by atoms with van der Waals surface area (Å²) < 4.78 is 0. The predicted molar refractivity (Wildman–Crippen MR) is 81.1 cm³/mol.